The van der Waals surface area contributed by atoms with Crippen molar-refractivity contribution in [1.82, 2.24) is 29.3 Å². The van der Waals surface area contributed by atoms with Crippen molar-refractivity contribution in [1.29, 1.82) is 0 Å². The predicted molar refractivity (Wildman–Crippen MR) is 162 cm³/mol. The molecular weight excluding hydrogens is 619 g/mol. The van der Waals surface area contributed by atoms with Crippen LogP contribution < -0.4 is 14.4 Å². The van der Waals surface area contributed by atoms with Crippen molar-refractivity contribution in [2.24, 2.45) is 11.3 Å². The van der Waals surface area contributed by atoms with Crippen molar-refractivity contribution in [2.45, 2.75) is 83.0 Å². The van der Waals surface area contributed by atoms with Crippen LogP contribution in [0.2, 0.25) is 0 Å². The molecule has 0 aromatic carbocycles. The third kappa shape index (κ3) is 6.55. The molecule has 4 heterocycles. The number of anilines is 1. The molecule has 1 aliphatic carbocycles. The van der Waals surface area contributed by atoms with Crippen LogP contribution in [0.5, 0.6) is 5.88 Å². The highest BCUT2D eigenvalue weighted by atomic mass is 32.2. The predicted octanol–water partition coefficient (Wildman–Crippen LogP) is 4.80. The summed E-state index contributed by atoms with van der Waals surface area (Å²) in [7, 11) is -4.25. The van der Waals surface area contributed by atoms with Gasteiger partial charge in [0.25, 0.3) is 15.9 Å². The average molecular weight is 658 g/mol. The largest absolute Gasteiger partial charge is 0.476 e. The number of hydrogen-bond donors (Lipinski definition) is 1. The summed E-state index contributed by atoms with van der Waals surface area (Å²) >= 11 is 0. The Morgan fingerprint density at radius 3 is 2.39 bits per heavy atom. The van der Waals surface area contributed by atoms with Crippen LogP contribution in [0.4, 0.5) is 19.0 Å². The van der Waals surface area contributed by atoms with Gasteiger partial charge in [0.2, 0.25) is 5.88 Å². The molecule has 1 amide bonds. The second-order valence-corrected chi connectivity index (χ2v) is 14.8. The summed E-state index contributed by atoms with van der Waals surface area (Å²) in [5.41, 5.74) is -2.65. The second-order valence-electron chi connectivity index (χ2n) is 13.2. The number of nitrogens with zero attached hydrogens (tertiary/aromatic N) is 6. The Hall–Kier alpha value is -3.27. The zero-order chi connectivity index (χ0) is 31.6. The molecule has 1 saturated carbocycles. The van der Waals surface area contributed by atoms with Crippen LogP contribution in [-0.2, 0) is 15.6 Å². The van der Waals surface area contributed by atoms with E-state index in [0.29, 0.717) is 6.54 Å². The van der Waals surface area contributed by atoms with E-state index in [1.54, 1.807) is 0 Å². The van der Waals surface area contributed by atoms with Crippen molar-refractivity contribution < 1.29 is 31.1 Å². The summed E-state index contributed by atoms with van der Waals surface area (Å²) in [5.74, 6) is -0.0339. The Kier molecular flexibility index (Phi) is 8.61. The zero-order valence-electron chi connectivity index (χ0n) is 25.4. The van der Waals surface area contributed by atoms with Crippen LogP contribution in [0.1, 0.15) is 71.2 Å². The normalized spacial score (nSPS) is 19.4. The summed E-state index contributed by atoms with van der Waals surface area (Å²) in [6.45, 7) is 11.8. The van der Waals surface area contributed by atoms with Gasteiger partial charge in [-0.25, -0.2) is 22.8 Å². The van der Waals surface area contributed by atoms with Gasteiger partial charge in [-0.1, -0.05) is 6.92 Å². The number of sulfonamides is 1. The van der Waals surface area contributed by atoms with Crippen molar-refractivity contribution >= 4 is 35.2 Å². The fourth-order valence-electron chi connectivity index (χ4n) is 5.34. The highest BCUT2D eigenvalue weighted by Crippen LogP contribution is 2.57. The molecule has 1 saturated heterocycles. The zero-order valence-corrected chi connectivity index (χ0v) is 27.3. The molecule has 1 N–H and O–H groups in total. The van der Waals surface area contributed by atoms with Crippen LogP contribution in [0.3, 0.4) is 0 Å². The van der Waals surface area contributed by atoms with E-state index >= 15 is 0 Å². The number of pyridine rings is 1. The number of carbonyl (C=O) groups excluding carboxylic acids is 1. The monoisotopic (exact) mass is 657 g/mol. The van der Waals surface area contributed by atoms with Gasteiger partial charge in [-0.2, -0.15) is 31.8 Å². The Morgan fingerprint density at radius 1 is 1.16 bits per heavy atom. The first-order chi connectivity index (χ1) is 19.8. The number of nitrogens with one attached hydrogen (secondary N) is 1. The molecule has 3 aromatic rings. The molecule has 1 atom stereocenters. The molecular formula is C28H38F3N7O4S2. The lowest BCUT2D eigenvalue weighted by Crippen LogP contribution is -2.41. The summed E-state index contributed by atoms with van der Waals surface area (Å²) in [6, 6.07) is 4.40. The lowest BCUT2D eigenvalue weighted by atomic mass is 9.97. The molecule has 11 nitrogen and oxygen atoms in total. The van der Waals surface area contributed by atoms with E-state index in [0.717, 1.165) is 6.42 Å². The topological polar surface area (TPSA) is 124 Å². The third-order valence-electron chi connectivity index (χ3n) is 7.97. The molecule has 2 fully saturated rings. The second kappa shape index (κ2) is 11.3. The van der Waals surface area contributed by atoms with Crippen LogP contribution in [0.25, 0.3) is 5.82 Å². The fraction of sp³-hybridized carbons (Fsp3) is 0.571. The molecule has 0 bridgehead atoms. The number of ether oxygens (including phenoxy) is 1. The molecule has 5 rings (SSSR count). The number of aromatic nitrogens is 5. The van der Waals surface area contributed by atoms with Gasteiger partial charge in [-0.15, -0.1) is 5.10 Å². The minimum Gasteiger partial charge on any atom is -0.476 e. The van der Waals surface area contributed by atoms with Gasteiger partial charge in [0.1, 0.15) is 22.7 Å². The van der Waals surface area contributed by atoms with Crippen LogP contribution in [0.15, 0.2) is 41.7 Å². The maximum absolute atomic E-state index is 13.5. The van der Waals surface area contributed by atoms with Crippen molar-refractivity contribution in [3.05, 3.63) is 42.4 Å². The number of rotatable bonds is 8. The van der Waals surface area contributed by atoms with Gasteiger partial charge >= 0.3 is 6.18 Å². The summed E-state index contributed by atoms with van der Waals surface area (Å²) < 4.78 is 76.6. The quantitative estimate of drug-likeness (QED) is 0.367. The Labute approximate surface area is 261 Å². The van der Waals surface area contributed by atoms with E-state index in [1.165, 1.54) is 46.2 Å². The summed E-state index contributed by atoms with van der Waals surface area (Å²) in [6.07, 6.45) is 0.553. The molecule has 44 heavy (non-hydrogen) atoms. The minimum atomic E-state index is -4.34. The Bertz CT molecular complexity index is 1640. The first-order valence-corrected chi connectivity index (χ1v) is 15.5. The highest BCUT2D eigenvalue weighted by Gasteiger charge is 2.64. The van der Waals surface area contributed by atoms with Crippen molar-refractivity contribution in [3.63, 3.8) is 0 Å². The smallest absolute Gasteiger partial charge is 0.397 e. The van der Waals surface area contributed by atoms with Gasteiger partial charge in [-0.05, 0) is 71.9 Å². The van der Waals surface area contributed by atoms with Crippen LogP contribution in [0, 0.1) is 11.3 Å². The number of carbonyl (C=O) groups is 1. The summed E-state index contributed by atoms with van der Waals surface area (Å²) in [5, 5.41) is 8.37. The first kappa shape index (κ1) is 33.6. The molecule has 2 aliphatic rings. The summed E-state index contributed by atoms with van der Waals surface area (Å²) in [4.78, 5) is 20.0. The van der Waals surface area contributed by atoms with E-state index < -0.39 is 45.2 Å². The molecule has 1 aliphatic heterocycles. The number of hydrogen-bond acceptors (Lipinski definition) is 8. The molecule has 16 heteroatoms. The van der Waals surface area contributed by atoms with Crippen molar-refractivity contribution in [2.75, 3.05) is 18.1 Å². The number of amides is 1. The maximum Gasteiger partial charge on any atom is 0.397 e. The van der Waals surface area contributed by atoms with Gasteiger partial charge < -0.3 is 9.64 Å². The van der Waals surface area contributed by atoms with Crippen LogP contribution >= 0.6 is 13.5 Å². The lowest BCUT2D eigenvalue weighted by Gasteiger charge is -2.34. The third-order valence-corrected chi connectivity index (χ3v) is 9.25. The molecule has 3 aromatic heterocycles. The lowest BCUT2D eigenvalue weighted by molar-refractivity contribution is -0.194. The standard InChI is InChI=1S/C28H36F3N7O4S.H2S/c1-18-13-26(5,6)36(15-18)23-20(24(39)35-43(40,41)19-14-32-38(16-19)25(2,3)4)7-8-21(33-23)37-12-9-22(34-37)42-17-27(10-11-27)28(29,30)31;/h7-9,12,14,16,18H,10-11,13,15,17H2,1-6H3,(H,35,39);1H2/t18-;/m0./s1. The Balaban J connectivity index is 0.00000442. The van der Waals surface area contributed by atoms with E-state index in [4.69, 9.17) is 9.72 Å². The highest BCUT2D eigenvalue weighted by molar-refractivity contribution is 7.90. The van der Waals surface area contributed by atoms with E-state index in [-0.39, 0.29) is 60.2 Å². The molecule has 0 unspecified atom stereocenters. The molecule has 0 radical (unpaired) electrons. The van der Waals surface area contributed by atoms with E-state index in [1.807, 2.05) is 39.5 Å². The average Bonchev–Trinajstić information content (AvgIpc) is 3.22. The van der Waals surface area contributed by atoms with Crippen LogP contribution in [-0.4, -0.2) is 63.7 Å². The minimum absolute atomic E-state index is 0. The number of halogens is 3. The maximum atomic E-state index is 13.5. The first-order valence-electron chi connectivity index (χ1n) is 14.0. The van der Waals surface area contributed by atoms with E-state index in [9.17, 15) is 26.4 Å². The number of alkyl halides is 3. The van der Waals surface area contributed by atoms with Crippen molar-refractivity contribution in [3.8, 4) is 11.7 Å². The molecule has 242 valence electrons. The van der Waals surface area contributed by atoms with Gasteiger partial charge in [0.05, 0.1) is 17.3 Å². The van der Waals surface area contributed by atoms with Gasteiger partial charge in [0.15, 0.2) is 5.82 Å². The SMILES string of the molecule is C[C@@H]1CN(c2nc(-n3ccc(OCC4(C(F)(F)F)CC4)n3)ccc2C(=O)NS(=O)(=O)c2cnn(C(C)(C)C)c2)C(C)(C)C1.S. The van der Waals surface area contributed by atoms with Gasteiger partial charge in [-0.3, -0.25) is 9.48 Å². The van der Waals surface area contributed by atoms with Gasteiger partial charge in [0, 0.05) is 30.5 Å². The van der Waals surface area contributed by atoms with E-state index in [2.05, 4.69) is 21.8 Å². The molecule has 0 spiro atoms. The Morgan fingerprint density at radius 2 is 1.84 bits per heavy atom. The fourth-order valence-corrected chi connectivity index (χ4v) is 6.24.